The van der Waals surface area contributed by atoms with Crippen molar-refractivity contribution in [1.29, 1.82) is 0 Å². The monoisotopic (exact) mass is 293 g/mol. The van der Waals surface area contributed by atoms with Crippen LogP contribution < -0.4 is 21.3 Å². The molecule has 0 spiro atoms. The molecule has 2 rings (SSSR count). The van der Waals surface area contributed by atoms with E-state index >= 15 is 0 Å². The Bertz CT molecular complexity index is 525. The number of aromatic nitrogens is 1. The van der Waals surface area contributed by atoms with E-state index in [0.717, 1.165) is 31.3 Å². The number of hydrogen-bond donors (Lipinski definition) is 3. The third-order valence-corrected chi connectivity index (χ3v) is 4.08. The van der Waals surface area contributed by atoms with Crippen LogP contribution in [0, 0.1) is 11.8 Å². The molecule has 0 aliphatic carbocycles. The summed E-state index contributed by atoms with van der Waals surface area (Å²) in [6, 6.07) is 0. The molecule has 1 fully saturated rings. The van der Waals surface area contributed by atoms with Crippen LogP contribution in [0.5, 0.6) is 0 Å². The van der Waals surface area contributed by atoms with Crippen LogP contribution in [0.2, 0.25) is 0 Å². The molecule has 7 heteroatoms. The van der Waals surface area contributed by atoms with Gasteiger partial charge in [0, 0.05) is 39.1 Å². The molecule has 1 aromatic heterocycles. The topological polar surface area (TPSA) is 83.3 Å². The van der Waals surface area contributed by atoms with Gasteiger partial charge in [-0.15, -0.1) is 11.8 Å². The van der Waals surface area contributed by atoms with Crippen LogP contribution in [-0.4, -0.2) is 43.6 Å². The SMILES string of the molecule is CC#CCCNC(=O)c1sc(N2CCNCC2)nc1N. The van der Waals surface area contributed by atoms with Crippen molar-refractivity contribution in [2.24, 2.45) is 0 Å². The summed E-state index contributed by atoms with van der Waals surface area (Å²) < 4.78 is 0. The van der Waals surface area contributed by atoms with Gasteiger partial charge in [-0.2, -0.15) is 0 Å². The second-order valence-electron chi connectivity index (χ2n) is 4.38. The first kappa shape index (κ1) is 14.6. The van der Waals surface area contributed by atoms with Gasteiger partial charge >= 0.3 is 0 Å². The molecule has 0 aromatic carbocycles. The van der Waals surface area contributed by atoms with Crippen LogP contribution in [-0.2, 0) is 0 Å². The van der Waals surface area contributed by atoms with Crippen LogP contribution in [0.3, 0.4) is 0 Å². The fourth-order valence-corrected chi connectivity index (χ4v) is 2.87. The molecule has 20 heavy (non-hydrogen) atoms. The molecule has 108 valence electrons. The molecule has 0 saturated carbocycles. The van der Waals surface area contributed by atoms with E-state index in [9.17, 15) is 4.79 Å². The molecule has 2 heterocycles. The van der Waals surface area contributed by atoms with Crippen molar-refractivity contribution >= 4 is 28.2 Å². The quantitative estimate of drug-likeness (QED) is 0.548. The maximum Gasteiger partial charge on any atom is 0.265 e. The second-order valence-corrected chi connectivity index (χ2v) is 5.36. The van der Waals surface area contributed by atoms with Crippen LogP contribution >= 0.6 is 11.3 Å². The smallest absolute Gasteiger partial charge is 0.265 e. The van der Waals surface area contributed by atoms with Gasteiger partial charge in [-0.3, -0.25) is 4.79 Å². The van der Waals surface area contributed by atoms with Gasteiger partial charge in [-0.25, -0.2) is 4.98 Å². The molecule has 1 aliphatic heterocycles. The third kappa shape index (κ3) is 3.62. The standard InChI is InChI=1S/C13H19N5OS/c1-2-3-4-5-16-12(19)10-11(14)17-13(20-10)18-8-6-15-7-9-18/h15H,4-9,14H2,1H3,(H,16,19). The Morgan fingerprint density at radius 2 is 2.30 bits per heavy atom. The predicted molar refractivity (Wildman–Crippen MR) is 82.0 cm³/mol. The Labute approximate surface area is 122 Å². The summed E-state index contributed by atoms with van der Waals surface area (Å²) in [4.78, 5) is 19.0. The van der Waals surface area contributed by atoms with E-state index in [1.165, 1.54) is 11.3 Å². The lowest BCUT2D eigenvalue weighted by Crippen LogP contribution is -2.43. The molecule has 0 unspecified atom stereocenters. The number of anilines is 2. The molecule has 1 aromatic rings. The Balaban J connectivity index is 1.98. The van der Waals surface area contributed by atoms with E-state index in [1.807, 2.05) is 0 Å². The molecule has 1 saturated heterocycles. The van der Waals surface area contributed by atoms with Crippen molar-refractivity contribution in [2.45, 2.75) is 13.3 Å². The largest absolute Gasteiger partial charge is 0.382 e. The van der Waals surface area contributed by atoms with Gasteiger partial charge in [0.05, 0.1) is 0 Å². The highest BCUT2D eigenvalue weighted by Gasteiger charge is 2.20. The molecule has 6 nitrogen and oxygen atoms in total. The molecule has 0 radical (unpaired) electrons. The minimum Gasteiger partial charge on any atom is -0.382 e. The first-order chi connectivity index (χ1) is 9.72. The van der Waals surface area contributed by atoms with E-state index in [4.69, 9.17) is 5.73 Å². The lowest BCUT2D eigenvalue weighted by Gasteiger charge is -2.26. The molecule has 0 bridgehead atoms. The van der Waals surface area contributed by atoms with E-state index in [1.54, 1.807) is 6.92 Å². The zero-order valence-electron chi connectivity index (χ0n) is 11.5. The number of nitrogens with two attached hydrogens (primary N) is 1. The van der Waals surface area contributed by atoms with Crippen molar-refractivity contribution in [3.63, 3.8) is 0 Å². The van der Waals surface area contributed by atoms with Crippen LogP contribution in [0.15, 0.2) is 0 Å². The summed E-state index contributed by atoms with van der Waals surface area (Å²) in [5, 5.41) is 6.91. The number of rotatable bonds is 4. The van der Waals surface area contributed by atoms with Crippen molar-refractivity contribution in [3.8, 4) is 11.8 Å². The van der Waals surface area contributed by atoms with Crippen LogP contribution in [0.4, 0.5) is 10.9 Å². The first-order valence-corrected chi connectivity index (χ1v) is 7.44. The van der Waals surface area contributed by atoms with Crippen LogP contribution in [0.1, 0.15) is 23.0 Å². The number of nitrogens with one attached hydrogen (secondary N) is 2. The van der Waals surface area contributed by atoms with Crippen molar-refractivity contribution in [3.05, 3.63) is 4.88 Å². The lowest BCUT2D eigenvalue weighted by atomic mass is 10.4. The maximum atomic E-state index is 12.0. The van der Waals surface area contributed by atoms with Gasteiger partial charge in [-0.05, 0) is 6.92 Å². The number of amides is 1. The normalized spacial score (nSPS) is 14.6. The highest BCUT2D eigenvalue weighted by atomic mass is 32.1. The summed E-state index contributed by atoms with van der Waals surface area (Å²) in [7, 11) is 0. The molecule has 1 amide bonds. The second kappa shape index (κ2) is 7.12. The van der Waals surface area contributed by atoms with E-state index < -0.39 is 0 Å². The Kier molecular flexibility index (Phi) is 5.21. The number of piperazine rings is 1. The van der Waals surface area contributed by atoms with E-state index in [-0.39, 0.29) is 5.91 Å². The molecule has 4 N–H and O–H groups in total. The lowest BCUT2D eigenvalue weighted by molar-refractivity contribution is 0.0959. The van der Waals surface area contributed by atoms with Crippen molar-refractivity contribution in [2.75, 3.05) is 43.4 Å². The predicted octanol–water partition coefficient (Wildman–Crippen LogP) is 0.278. The van der Waals surface area contributed by atoms with E-state index in [2.05, 4.69) is 32.4 Å². The highest BCUT2D eigenvalue weighted by molar-refractivity contribution is 7.18. The van der Waals surface area contributed by atoms with Gasteiger partial charge in [0.25, 0.3) is 5.91 Å². The fourth-order valence-electron chi connectivity index (χ4n) is 1.92. The van der Waals surface area contributed by atoms with Crippen molar-refractivity contribution < 1.29 is 4.79 Å². The van der Waals surface area contributed by atoms with Gasteiger partial charge in [0.1, 0.15) is 10.7 Å². The zero-order chi connectivity index (χ0) is 14.4. The van der Waals surface area contributed by atoms with Gasteiger partial charge in [-0.1, -0.05) is 11.3 Å². The summed E-state index contributed by atoms with van der Waals surface area (Å²) in [6.07, 6.45) is 0.644. The number of carbonyl (C=O) groups is 1. The summed E-state index contributed by atoms with van der Waals surface area (Å²) >= 11 is 1.35. The molecular formula is C13H19N5OS. The Morgan fingerprint density at radius 1 is 1.55 bits per heavy atom. The van der Waals surface area contributed by atoms with Gasteiger partial charge < -0.3 is 21.3 Å². The Hall–Kier alpha value is -1.78. The maximum absolute atomic E-state index is 12.0. The number of thiazole rings is 1. The first-order valence-electron chi connectivity index (χ1n) is 6.62. The number of nitrogen functional groups attached to an aromatic ring is 1. The number of nitrogens with zero attached hydrogens (tertiary/aromatic N) is 2. The Morgan fingerprint density at radius 3 is 3.00 bits per heavy atom. The molecule has 1 aliphatic rings. The summed E-state index contributed by atoms with van der Waals surface area (Å²) in [5.74, 6) is 5.84. The van der Waals surface area contributed by atoms with Crippen molar-refractivity contribution in [1.82, 2.24) is 15.6 Å². The zero-order valence-corrected chi connectivity index (χ0v) is 12.3. The summed E-state index contributed by atoms with van der Waals surface area (Å²) in [5.41, 5.74) is 5.85. The molecule has 0 atom stereocenters. The minimum absolute atomic E-state index is 0.167. The molecular weight excluding hydrogens is 274 g/mol. The summed E-state index contributed by atoms with van der Waals surface area (Å²) in [6.45, 7) is 5.94. The van der Waals surface area contributed by atoms with Crippen LogP contribution in [0.25, 0.3) is 0 Å². The third-order valence-electron chi connectivity index (χ3n) is 2.95. The minimum atomic E-state index is -0.167. The number of carbonyl (C=O) groups excluding carboxylic acids is 1. The van der Waals surface area contributed by atoms with Gasteiger partial charge in [0.2, 0.25) is 0 Å². The number of hydrogen-bond acceptors (Lipinski definition) is 6. The van der Waals surface area contributed by atoms with E-state index in [0.29, 0.717) is 23.7 Å². The highest BCUT2D eigenvalue weighted by Crippen LogP contribution is 2.28. The fraction of sp³-hybridized carbons (Fsp3) is 0.538. The average Bonchev–Trinajstić information content (AvgIpc) is 2.86. The average molecular weight is 293 g/mol. The van der Waals surface area contributed by atoms with Gasteiger partial charge in [0.15, 0.2) is 5.13 Å².